The van der Waals surface area contributed by atoms with Gasteiger partial charge in [0, 0.05) is 24.2 Å². The number of nitriles is 1. The van der Waals surface area contributed by atoms with Crippen molar-refractivity contribution in [3.63, 3.8) is 0 Å². The predicted molar refractivity (Wildman–Crippen MR) is 89.3 cm³/mol. The SMILES string of the molecule is CCO[C@H](C)c1nc(Cn2c(=O)c(C#N)c3n(c2=O)CCC3)cs1. The van der Waals surface area contributed by atoms with Crippen molar-refractivity contribution in [2.75, 3.05) is 6.61 Å². The largest absolute Gasteiger partial charge is 0.372 e. The van der Waals surface area contributed by atoms with Gasteiger partial charge in [-0.2, -0.15) is 5.26 Å². The van der Waals surface area contributed by atoms with E-state index in [1.54, 1.807) is 0 Å². The van der Waals surface area contributed by atoms with Crippen molar-refractivity contribution >= 4 is 11.3 Å². The predicted octanol–water partition coefficient (Wildman–Crippen LogP) is 1.43. The van der Waals surface area contributed by atoms with Crippen LogP contribution in [0.1, 0.15) is 48.3 Å². The summed E-state index contributed by atoms with van der Waals surface area (Å²) in [5.74, 6) is 0. The van der Waals surface area contributed by atoms with Crippen molar-refractivity contribution in [2.45, 2.75) is 45.9 Å². The van der Waals surface area contributed by atoms with Gasteiger partial charge in [-0.3, -0.25) is 13.9 Å². The molecule has 0 bridgehead atoms. The summed E-state index contributed by atoms with van der Waals surface area (Å²) in [7, 11) is 0. The van der Waals surface area contributed by atoms with E-state index in [-0.39, 0.29) is 23.9 Å². The van der Waals surface area contributed by atoms with Gasteiger partial charge in [0.15, 0.2) is 0 Å². The van der Waals surface area contributed by atoms with Gasteiger partial charge in [0.1, 0.15) is 22.7 Å². The lowest BCUT2D eigenvalue weighted by Crippen LogP contribution is -2.42. The summed E-state index contributed by atoms with van der Waals surface area (Å²) in [6.07, 6.45) is 1.25. The van der Waals surface area contributed by atoms with Gasteiger partial charge in [0.25, 0.3) is 5.56 Å². The van der Waals surface area contributed by atoms with Crippen LogP contribution < -0.4 is 11.2 Å². The van der Waals surface area contributed by atoms with E-state index < -0.39 is 5.56 Å². The molecule has 7 nitrogen and oxygen atoms in total. The number of ether oxygens (including phenoxy) is 1. The zero-order valence-corrected chi connectivity index (χ0v) is 14.4. The Labute approximate surface area is 142 Å². The zero-order valence-electron chi connectivity index (χ0n) is 13.6. The van der Waals surface area contributed by atoms with Crippen LogP contribution in [0.15, 0.2) is 15.0 Å². The Morgan fingerprint density at radius 1 is 1.50 bits per heavy atom. The van der Waals surface area contributed by atoms with Gasteiger partial charge in [0.05, 0.1) is 12.2 Å². The molecule has 0 saturated carbocycles. The highest BCUT2D eigenvalue weighted by atomic mass is 32.1. The monoisotopic (exact) mass is 346 g/mol. The topological polar surface area (TPSA) is 89.9 Å². The molecule has 1 aliphatic rings. The fraction of sp³-hybridized carbons (Fsp3) is 0.500. The van der Waals surface area contributed by atoms with Crippen LogP contribution >= 0.6 is 11.3 Å². The van der Waals surface area contributed by atoms with Gasteiger partial charge in [-0.25, -0.2) is 9.78 Å². The molecule has 3 heterocycles. The highest BCUT2D eigenvalue weighted by molar-refractivity contribution is 7.09. The van der Waals surface area contributed by atoms with Crippen LogP contribution in [0.4, 0.5) is 0 Å². The zero-order chi connectivity index (χ0) is 17.3. The molecule has 0 saturated heterocycles. The highest BCUT2D eigenvalue weighted by Crippen LogP contribution is 2.21. The van der Waals surface area contributed by atoms with Crippen molar-refractivity contribution in [1.29, 1.82) is 5.26 Å². The van der Waals surface area contributed by atoms with Crippen LogP contribution in [0.5, 0.6) is 0 Å². The van der Waals surface area contributed by atoms with Gasteiger partial charge in [-0.1, -0.05) is 0 Å². The lowest BCUT2D eigenvalue weighted by molar-refractivity contribution is 0.0761. The van der Waals surface area contributed by atoms with Gasteiger partial charge in [-0.05, 0) is 26.7 Å². The average Bonchev–Trinajstić information content (AvgIpc) is 3.22. The van der Waals surface area contributed by atoms with E-state index in [0.29, 0.717) is 31.0 Å². The number of hydrogen-bond donors (Lipinski definition) is 0. The van der Waals surface area contributed by atoms with Crippen LogP contribution in [0.25, 0.3) is 0 Å². The van der Waals surface area contributed by atoms with Crippen molar-refractivity contribution in [2.24, 2.45) is 0 Å². The minimum Gasteiger partial charge on any atom is -0.372 e. The normalized spacial score (nSPS) is 14.4. The second-order valence-electron chi connectivity index (χ2n) is 5.64. The first-order valence-electron chi connectivity index (χ1n) is 7.89. The first-order chi connectivity index (χ1) is 11.6. The molecule has 0 N–H and O–H groups in total. The molecule has 0 radical (unpaired) electrons. The van der Waals surface area contributed by atoms with Crippen LogP contribution in [0.2, 0.25) is 0 Å². The van der Waals surface area contributed by atoms with Gasteiger partial charge < -0.3 is 4.74 Å². The molecule has 0 amide bonds. The quantitative estimate of drug-likeness (QED) is 0.817. The lowest BCUT2D eigenvalue weighted by Gasteiger charge is -2.10. The van der Waals surface area contributed by atoms with E-state index in [4.69, 9.17) is 4.74 Å². The fourth-order valence-electron chi connectivity index (χ4n) is 2.95. The third-order valence-electron chi connectivity index (χ3n) is 4.10. The smallest absolute Gasteiger partial charge is 0.331 e. The highest BCUT2D eigenvalue weighted by Gasteiger charge is 2.23. The summed E-state index contributed by atoms with van der Waals surface area (Å²) < 4.78 is 8.15. The number of fused-ring (bicyclic) bond motifs is 1. The van der Waals surface area contributed by atoms with Crippen LogP contribution in [-0.2, 0) is 24.2 Å². The van der Waals surface area contributed by atoms with Crippen LogP contribution in [0.3, 0.4) is 0 Å². The first-order valence-corrected chi connectivity index (χ1v) is 8.77. The number of nitrogens with zero attached hydrogens (tertiary/aromatic N) is 4. The molecule has 1 aliphatic heterocycles. The van der Waals surface area contributed by atoms with Crippen molar-refractivity contribution in [1.82, 2.24) is 14.1 Å². The summed E-state index contributed by atoms with van der Waals surface area (Å²) in [4.78, 5) is 29.5. The van der Waals surface area contributed by atoms with E-state index in [9.17, 15) is 14.9 Å². The van der Waals surface area contributed by atoms with Crippen molar-refractivity contribution < 1.29 is 4.74 Å². The first kappa shape index (κ1) is 16.6. The van der Waals surface area contributed by atoms with E-state index in [1.165, 1.54) is 15.9 Å². The molecule has 0 fully saturated rings. The van der Waals surface area contributed by atoms with Crippen molar-refractivity contribution in [3.05, 3.63) is 48.2 Å². The summed E-state index contributed by atoms with van der Waals surface area (Å²) in [6.45, 7) is 5.04. The summed E-state index contributed by atoms with van der Waals surface area (Å²) in [5.41, 5.74) is 0.378. The Kier molecular flexibility index (Phi) is 4.64. The maximum absolute atomic E-state index is 12.6. The maximum Gasteiger partial charge on any atom is 0.331 e. The molecule has 0 aliphatic carbocycles. The molecular formula is C16H18N4O3S. The van der Waals surface area contributed by atoms with E-state index in [0.717, 1.165) is 16.0 Å². The Morgan fingerprint density at radius 2 is 2.29 bits per heavy atom. The maximum atomic E-state index is 12.6. The van der Waals surface area contributed by atoms with Gasteiger partial charge in [-0.15, -0.1) is 11.3 Å². The molecule has 3 rings (SSSR count). The van der Waals surface area contributed by atoms with E-state index in [1.807, 2.05) is 25.3 Å². The number of hydrogen-bond acceptors (Lipinski definition) is 6. The lowest BCUT2D eigenvalue weighted by atomic mass is 10.2. The Balaban J connectivity index is 1.99. The fourth-order valence-corrected chi connectivity index (χ4v) is 3.77. The third kappa shape index (κ3) is 2.81. The van der Waals surface area contributed by atoms with Gasteiger partial charge >= 0.3 is 5.69 Å². The summed E-state index contributed by atoms with van der Waals surface area (Å²) >= 11 is 1.44. The number of aromatic nitrogens is 3. The summed E-state index contributed by atoms with van der Waals surface area (Å²) in [5, 5.41) is 11.9. The second-order valence-corrected chi connectivity index (χ2v) is 6.53. The molecule has 8 heteroatoms. The molecule has 0 spiro atoms. The number of thiazole rings is 1. The Morgan fingerprint density at radius 3 is 3.00 bits per heavy atom. The molecule has 24 heavy (non-hydrogen) atoms. The molecule has 0 aromatic carbocycles. The van der Waals surface area contributed by atoms with E-state index in [2.05, 4.69) is 4.98 Å². The van der Waals surface area contributed by atoms with Crippen LogP contribution in [-0.4, -0.2) is 20.7 Å². The third-order valence-corrected chi connectivity index (χ3v) is 5.15. The average molecular weight is 346 g/mol. The Hall–Kier alpha value is -2.24. The molecular weight excluding hydrogens is 328 g/mol. The minimum absolute atomic E-state index is 0.0714. The van der Waals surface area contributed by atoms with Gasteiger partial charge in [0.2, 0.25) is 0 Å². The molecule has 2 aromatic rings. The second kappa shape index (κ2) is 6.71. The molecule has 2 aromatic heterocycles. The molecule has 0 unspecified atom stereocenters. The number of rotatable bonds is 5. The van der Waals surface area contributed by atoms with Crippen LogP contribution in [0, 0.1) is 11.3 Å². The van der Waals surface area contributed by atoms with Crippen molar-refractivity contribution in [3.8, 4) is 6.07 Å². The summed E-state index contributed by atoms with van der Waals surface area (Å²) in [6, 6.07) is 1.96. The molecule has 1 atom stereocenters. The molecule has 126 valence electrons. The Bertz CT molecular complexity index is 919. The van der Waals surface area contributed by atoms with E-state index >= 15 is 0 Å². The minimum atomic E-state index is -0.525. The standard InChI is InChI=1S/C16H18N4O3S/c1-3-23-10(2)14-18-11(9-24-14)8-20-15(21)12(7-17)13-5-4-6-19(13)16(20)22/h9-10H,3-6,8H2,1-2H3/t10-/m1/s1.